The van der Waals surface area contributed by atoms with Gasteiger partial charge in [-0.05, 0) is 54.8 Å². The molecule has 0 aliphatic carbocycles. The van der Waals surface area contributed by atoms with Crippen LogP contribution in [0.15, 0.2) is 60.8 Å². The number of halogens is 2. The van der Waals surface area contributed by atoms with Crippen LogP contribution >= 0.6 is 23.2 Å². The van der Waals surface area contributed by atoms with Gasteiger partial charge in [-0.1, -0.05) is 41.4 Å². The Bertz CT molecular complexity index is 977. The number of pyridine rings is 1. The molecular formula is C23H22Cl2N2O3. The van der Waals surface area contributed by atoms with Crippen LogP contribution in [0.25, 0.3) is 0 Å². The van der Waals surface area contributed by atoms with Crippen molar-refractivity contribution in [3.05, 3.63) is 82.0 Å². The second-order valence-electron chi connectivity index (χ2n) is 6.54. The van der Waals surface area contributed by atoms with Crippen molar-refractivity contribution < 1.29 is 14.3 Å². The number of carbonyl (C=O) groups is 1. The van der Waals surface area contributed by atoms with Gasteiger partial charge in [0.25, 0.3) is 0 Å². The lowest BCUT2D eigenvalue weighted by molar-refractivity contribution is -0.143. The van der Waals surface area contributed by atoms with E-state index in [0.29, 0.717) is 47.7 Å². The highest BCUT2D eigenvalue weighted by Gasteiger charge is 2.05. The van der Waals surface area contributed by atoms with E-state index in [4.69, 9.17) is 32.7 Å². The highest BCUT2D eigenvalue weighted by molar-refractivity contribution is 6.42. The standard InChI is InChI=1S/C23H22Cl2N2O3/c1-2-29-23(28)12-6-16-3-8-19(9-4-16)30-22-11-7-18(15-27-22)26-14-17-5-10-20(24)21(25)13-17/h3-5,7-11,13,15,26H,2,6,12,14H2,1H3. The van der Waals surface area contributed by atoms with E-state index in [0.717, 1.165) is 16.8 Å². The van der Waals surface area contributed by atoms with Gasteiger partial charge < -0.3 is 14.8 Å². The summed E-state index contributed by atoms with van der Waals surface area (Å²) >= 11 is 12.0. The molecule has 0 radical (unpaired) electrons. The Labute approximate surface area is 185 Å². The summed E-state index contributed by atoms with van der Waals surface area (Å²) in [4.78, 5) is 15.8. The number of anilines is 1. The third-order valence-corrected chi connectivity index (χ3v) is 5.02. The molecule has 1 aromatic heterocycles. The highest BCUT2D eigenvalue weighted by Crippen LogP contribution is 2.24. The molecule has 0 fully saturated rings. The molecule has 30 heavy (non-hydrogen) atoms. The first-order valence-electron chi connectivity index (χ1n) is 9.60. The van der Waals surface area contributed by atoms with Gasteiger partial charge in [-0.2, -0.15) is 0 Å². The van der Waals surface area contributed by atoms with E-state index < -0.39 is 0 Å². The van der Waals surface area contributed by atoms with Gasteiger partial charge in [0.2, 0.25) is 5.88 Å². The number of aromatic nitrogens is 1. The average molecular weight is 445 g/mol. The summed E-state index contributed by atoms with van der Waals surface area (Å²) in [5.41, 5.74) is 2.93. The quantitative estimate of drug-likeness (QED) is 0.393. The smallest absolute Gasteiger partial charge is 0.306 e. The number of carbonyl (C=O) groups excluding carboxylic acids is 1. The van der Waals surface area contributed by atoms with Crippen molar-refractivity contribution in [3.63, 3.8) is 0 Å². The Morgan fingerprint density at radius 3 is 2.43 bits per heavy atom. The second kappa shape index (κ2) is 10.9. The van der Waals surface area contributed by atoms with Crippen molar-refractivity contribution in [2.75, 3.05) is 11.9 Å². The molecule has 0 unspecified atom stereocenters. The van der Waals surface area contributed by atoms with Gasteiger partial charge in [0, 0.05) is 19.0 Å². The maximum absolute atomic E-state index is 11.4. The van der Waals surface area contributed by atoms with Crippen molar-refractivity contribution >= 4 is 34.9 Å². The largest absolute Gasteiger partial charge is 0.466 e. The molecular weight excluding hydrogens is 423 g/mol. The SMILES string of the molecule is CCOC(=O)CCc1ccc(Oc2ccc(NCc3ccc(Cl)c(Cl)c3)cn2)cc1. The Morgan fingerprint density at radius 1 is 1.00 bits per heavy atom. The monoisotopic (exact) mass is 444 g/mol. The fourth-order valence-corrected chi connectivity index (χ4v) is 3.04. The summed E-state index contributed by atoms with van der Waals surface area (Å²) in [5.74, 6) is 0.989. The van der Waals surface area contributed by atoms with E-state index >= 15 is 0 Å². The number of rotatable bonds is 9. The fourth-order valence-electron chi connectivity index (χ4n) is 2.72. The van der Waals surface area contributed by atoms with Gasteiger partial charge in [0.1, 0.15) is 5.75 Å². The number of benzene rings is 2. The minimum absolute atomic E-state index is 0.185. The van der Waals surface area contributed by atoms with Crippen LogP contribution in [-0.4, -0.2) is 17.6 Å². The summed E-state index contributed by atoms with van der Waals surface area (Å²) in [6, 6.07) is 16.8. The average Bonchev–Trinajstić information content (AvgIpc) is 2.75. The molecule has 0 saturated heterocycles. The second-order valence-corrected chi connectivity index (χ2v) is 7.35. The Kier molecular flexibility index (Phi) is 7.94. The molecule has 0 spiro atoms. The van der Waals surface area contributed by atoms with Gasteiger partial charge in [-0.3, -0.25) is 4.79 Å². The highest BCUT2D eigenvalue weighted by atomic mass is 35.5. The molecule has 1 heterocycles. The van der Waals surface area contributed by atoms with Crippen molar-refractivity contribution in [1.29, 1.82) is 0 Å². The third-order valence-electron chi connectivity index (χ3n) is 4.29. The molecule has 0 saturated carbocycles. The van der Waals surface area contributed by atoms with Crippen LogP contribution in [0.4, 0.5) is 5.69 Å². The fraction of sp³-hybridized carbons (Fsp3) is 0.217. The minimum atomic E-state index is -0.185. The summed E-state index contributed by atoms with van der Waals surface area (Å²) in [5, 5.41) is 4.35. The van der Waals surface area contributed by atoms with Crippen molar-refractivity contribution in [2.45, 2.75) is 26.3 Å². The van der Waals surface area contributed by atoms with Gasteiger partial charge in [-0.15, -0.1) is 0 Å². The first kappa shape index (κ1) is 21.9. The lowest BCUT2D eigenvalue weighted by atomic mass is 10.1. The number of ether oxygens (including phenoxy) is 2. The summed E-state index contributed by atoms with van der Waals surface area (Å²) in [7, 11) is 0. The molecule has 3 aromatic rings. The van der Waals surface area contributed by atoms with Crippen LogP contribution in [0.5, 0.6) is 11.6 Å². The van der Waals surface area contributed by atoms with Crippen LogP contribution in [-0.2, 0) is 22.5 Å². The van der Waals surface area contributed by atoms with E-state index in [1.165, 1.54) is 0 Å². The number of esters is 1. The first-order chi connectivity index (χ1) is 14.5. The predicted molar refractivity (Wildman–Crippen MR) is 119 cm³/mol. The molecule has 2 aromatic carbocycles. The topological polar surface area (TPSA) is 60.5 Å². The minimum Gasteiger partial charge on any atom is -0.466 e. The Morgan fingerprint density at radius 2 is 1.77 bits per heavy atom. The normalized spacial score (nSPS) is 10.5. The van der Waals surface area contributed by atoms with Crippen LogP contribution in [0.1, 0.15) is 24.5 Å². The van der Waals surface area contributed by atoms with Crippen LogP contribution in [0.2, 0.25) is 10.0 Å². The Hall–Kier alpha value is -2.76. The third kappa shape index (κ3) is 6.65. The van der Waals surface area contributed by atoms with Crippen molar-refractivity contribution in [2.24, 2.45) is 0 Å². The number of aryl methyl sites for hydroxylation is 1. The van der Waals surface area contributed by atoms with E-state index in [9.17, 15) is 4.79 Å². The molecule has 0 bridgehead atoms. The van der Waals surface area contributed by atoms with Crippen molar-refractivity contribution in [1.82, 2.24) is 4.98 Å². The zero-order valence-electron chi connectivity index (χ0n) is 16.5. The van der Waals surface area contributed by atoms with Gasteiger partial charge in [0.05, 0.1) is 28.5 Å². The molecule has 5 nitrogen and oxygen atoms in total. The molecule has 7 heteroatoms. The molecule has 0 aliphatic heterocycles. The summed E-state index contributed by atoms with van der Waals surface area (Å²) < 4.78 is 10.7. The van der Waals surface area contributed by atoms with Gasteiger partial charge in [0.15, 0.2) is 0 Å². The van der Waals surface area contributed by atoms with Crippen LogP contribution in [0.3, 0.4) is 0 Å². The molecule has 0 atom stereocenters. The lowest BCUT2D eigenvalue weighted by Gasteiger charge is -2.09. The van der Waals surface area contributed by atoms with Gasteiger partial charge in [-0.25, -0.2) is 4.98 Å². The maximum atomic E-state index is 11.4. The zero-order chi connectivity index (χ0) is 21.3. The lowest BCUT2D eigenvalue weighted by Crippen LogP contribution is -2.05. The Balaban J connectivity index is 1.50. The summed E-state index contributed by atoms with van der Waals surface area (Å²) in [6.07, 6.45) is 2.71. The number of nitrogens with zero attached hydrogens (tertiary/aromatic N) is 1. The number of hydrogen-bond donors (Lipinski definition) is 1. The first-order valence-corrected chi connectivity index (χ1v) is 10.4. The van der Waals surface area contributed by atoms with Crippen LogP contribution in [0, 0.1) is 0 Å². The summed E-state index contributed by atoms with van der Waals surface area (Å²) in [6.45, 7) is 2.81. The van der Waals surface area contributed by atoms with E-state index in [-0.39, 0.29) is 5.97 Å². The van der Waals surface area contributed by atoms with E-state index in [1.807, 2.05) is 42.5 Å². The molecule has 0 aliphatic rings. The molecule has 0 amide bonds. The van der Waals surface area contributed by atoms with E-state index in [1.54, 1.807) is 25.3 Å². The van der Waals surface area contributed by atoms with Crippen molar-refractivity contribution in [3.8, 4) is 11.6 Å². The van der Waals surface area contributed by atoms with Gasteiger partial charge >= 0.3 is 5.97 Å². The molecule has 1 N–H and O–H groups in total. The molecule has 3 rings (SSSR count). The zero-order valence-corrected chi connectivity index (χ0v) is 18.0. The molecule has 156 valence electrons. The van der Waals surface area contributed by atoms with Crippen LogP contribution < -0.4 is 10.1 Å². The van der Waals surface area contributed by atoms with E-state index in [2.05, 4.69) is 10.3 Å². The number of hydrogen-bond acceptors (Lipinski definition) is 5. The predicted octanol–water partition coefficient (Wildman–Crippen LogP) is 6.29. The maximum Gasteiger partial charge on any atom is 0.306 e. The number of nitrogens with one attached hydrogen (secondary N) is 1.